The van der Waals surface area contributed by atoms with Gasteiger partial charge in [0.2, 0.25) is 0 Å². The molecule has 7 heteroatoms. The molecule has 0 aromatic heterocycles. The summed E-state index contributed by atoms with van der Waals surface area (Å²) in [5.74, 6) is -4.37. The van der Waals surface area contributed by atoms with Crippen molar-refractivity contribution in [2.45, 2.75) is 51.2 Å². The van der Waals surface area contributed by atoms with Crippen LogP contribution in [0.2, 0.25) is 0 Å². The molecule has 1 aliphatic heterocycles. The maximum absolute atomic E-state index is 12.4. The van der Waals surface area contributed by atoms with Gasteiger partial charge in [-0.3, -0.25) is 4.79 Å². The van der Waals surface area contributed by atoms with Crippen molar-refractivity contribution in [2.75, 3.05) is 6.61 Å². The highest BCUT2D eigenvalue weighted by Crippen LogP contribution is 2.28. The summed E-state index contributed by atoms with van der Waals surface area (Å²) in [5, 5.41) is 8.52. The molecule has 0 aromatic rings. The molecule has 1 saturated heterocycles. The largest absolute Gasteiger partial charge is 0.481 e. The molecule has 1 aliphatic rings. The molecule has 3 unspecified atom stereocenters. The van der Waals surface area contributed by atoms with E-state index in [0.717, 1.165) is 0 Å². The zero-order chi connectivity index (χ0) is 13.9. The van der Waals surface area contributed by atoms with Crippen LogP contribution in [0, 0.1) is 5.92 Å². The molecule has 1 heterocycles. The number of hydrogen-bond acceptors (Lipinski definition) is 3. The van der Waals surface area contributed by atoms with E-state index in [1.165, 1.54) is 0 Å². The maximum Gasteiger partial charge on any atom is 0.404 e. The van der Waals surface area contributed by atoms with Crippen molar-refractivity contribution in [3.63, 3.8) is 0 Å². The SMILES string of the molecule is CC1CC(OCC(C(=O)O)C(F)(F)F)CC(C)O1. The van der Waals surface area contributed by atoms with Gasteiger partial charge in [-0.15, -0.1) is 0 Å². The molecule has 0 radical (unpaired) electrons. The first-order chi connectivity index (χ1) is 8.20. The summed E-state index contributed by atoms with van der Waals surface area (Å²) in [7, 11) is 0. The molecule has 106 valence electrons. The number of alkyl halides is 3. The Hall–Kier alpha value is -0.820. The predicted octanol–water partition coefficient (Wildman–Crippen LogP) is 2.22. The minimum absolute atomic E-state index is 0.0899. The van der Waals surface area contributed by atoms with E-state index in [2.05, 4.69) is 0 Å². The topological polar surface area (TPSA) is 55.8 Å². The van der Waals surface area contributed by atoms with Crippen molar-refractivity contribution < 1.29 is 32.5 Å². The van der Waals surface area contributed by atoms with Crippen LogP contribution >= 0.6 is 0 Å². The molecule has 3 atom stereocenters. The van der Waals surface area contributed by atoms with Crippen molar-refractivity contribution in [2.24, 2.45) is 5.92 Å². The first-order valence-electron chi connectivity index (χ1n) is 5.76. The highest BCUT2D eigenvalue weighted by molar-refractivity contribution is 5.71. The lowest BCUT2D eigenvalue weighted by atomic mass is 10.0. The van der Waals surface area contributed by atoms with Crippen LogP contribution in [0.3, 0.4) is 0 Å². The third kappa shape index (κ3) is 4.45. The van der Waals surface area contributed by atoms with E-state index in [0.29, 0.717) is 12.8 Å². The fourth-order valence-corrected chi connectivity index (χ4v) is 2.02. The lowest BCUT2D eigenvalue weighted by Gasteiger charge is -2.32. The quantitative estimate of drug-likeness (QED) is 0.851. The van der Waals surface area contributed by atoms with Gasteiger partial charge in [0.25, 0.3) is 0 Å². The van der Waals surface area contributed by atoms with E-state index >= 15 is 0 Å². The summed E-state index contributed by atoms with van der Waals surface area (Å²) in [4.78, 5) is 10.5. The van der Waals surface area contributed by atoms with Crippen LogP contribution in [0.5, 0.6) is 0 Å². The van der Waals surface area contributed by atoms with Gasteiger partial charge < -0.3 is 14.6 Å². The molecule has 1 fully saturated rings. The Balaban J connectivity index is 2.50. The van der Waals surface area contributed by atoms with Crippen molar-refractivity contribution in [3.05, 3.63) is 0 Å². The van der Waals surface area contributed by atoms with Gasteiger partial charge in [-0.05, 0) is 26.7 Å². The normalized spacial score (nSPS) is 31.1. The lowest BCUT2D eigenvalue weighted by molar-refractivity contribution is -0.209. The average Bonchev–Trinajstić information content (AvgIpc) is 2.12. The fourth-order valence-electron chi connectivity index (χ4n) is 2.02. The molecule has 0 amide bonds. The maximum atomic E-state index is 12.4. The van der Waals surface area contributed by atoms with Crippen LogP contribution in [0.1, 0.15) is 26.7 Å². The Morgan fingerprint density at radius 1 is 1.39 bits per heavy atom. The van der Waals surface area contributed by atoms with Crippen LogP contribution in [0.4, 0.5) is 13.2 Å². The minimum atomic E-state index is -4.78. The van der Waals surface area contributed by atoms with E-state index < -0.39 is 24.7 Å². The van der Waals surface area contributed by atoms with E-state index in [4.69, 9.17) is 14.6 Å². The number of carboxylic acids is 1. The molecular formula is C11H17F3O4. The van der Waals surface area contributed by atoms with Crippen LogP contribution in [0.25, 0.3) is 0 Å². The molecule has 1 N–H and O–H groups in total. The van der Waals surface area contributed by atoms with Gasteiger partial charge in [0, 0.05) is 0 Å². The minimum Gasteiger partial charge on any atom is -0.481 e. The molecule has 18 heavy (non-hydrogen) atoms. The summed E-state index contributed by atoms with van der Waals surface area (Å²) in [5.41, 5.74) is 0. The van der Waals surface area contributed by atoms with Gasteiger partial charge in [0.05, 0.1) is 24.9 Å². The highest BCUT2D eigenvalue weighted by Gasteiger charge is 2.45. The number of aliphatic carboxylic acids is 1. The Bertz CT molecular complexity index is 283. The number of hydrogen-bond donors (Lipinski definition) is 1. The van der Waals surface area contributed by atoms with Crippen molar-refractivity contribution in [3.8, 4) is 0 Å². The van der Waals surface area contributed by atoms with E-state index in [1.54, 1.807) is 0 Å². The molecular weight excluding hydrogens is 253 g/mol. The van der Waals surface area contributed by atoms with Crippen molar-refractivity contribution in [1.82, 2.24) is 0 Å². The lowest BCUT2D eigenvalue weighted by Crippen LogP contribution is -2.39. The number of halogens is 3. The summed E-state index contributed by atoms with van der Waals surface area (Å²) in [6.45, 7) is 2.78. The summed E-state index contributed by atoms with van der Waals surface area (Å²) >= 11 is 0. The molecule has 0 spiro atoms. The third-order valence-electron chi connectivity index (χ3n) is 2.85. The van der Waals surface area contributed by atoms with E-state index in [-0.39, 0.29) is 18.3 Å². The number of carboxylic acid groups (broad SMARTS) is 1. The zero-order valence-electron chi connectivity index (χ0n) is 10.2. The molecule has 0 aromatic carbocycles. The Morgan fingerprint density at radius 2 is 1.89 bits per heavy atom. The van der Waals surface area contributed by atoms with Gasteiger partial charge in [0.1, 0.15) is 0 Å². The van der Waals surface area contributed by atoms with Gasteiger partial charge in [0.15, 0.2) is 5.92 Å². The molecule has 0 saturated carbocycles. The summed E-state index contributed by atoms with van der Waals surface area (Å²) < 4.78 is 47.7. The number of carbonyl (C=O) groups is 1. The second-order valence-electron chi connectivity index (χ2n) is 4.62. The van der Waals surface area contributed by atoms with E-state index in [1.807, 2.05) is 13.8 Å². The van der Waals surface area contributed by atoms with Crippen molar-refractivity contribution >= 4 is 5.97 Å². The van der Waals surface area contributed by atoms with Gasteiger partial charge in [-0.1, -0.05) is 0 Å². The van der Waals surface area contributed by atoms with Crippen LogP contribution < -0.4 is 0 Å². The van der Waals surface area contributed by atoms with Gasteiger partial charge in [-0.2, -0.15) is 13.2 Å². The Morgan fingerprint density at radius 3 is 2.28 bits per heavy atom. The number of ether oxygens (including phenoxy) is 2. The Labute approximate surface area is 103 Å². The monoisotopic (exact) mass is 270 g/mol. The molecule has 0 bridgehead atoms. The van der Waals surface area contributed by atoms with Gasteiger partial charge >= 0.3 is 12.1 Å². The highest BCUT2D eigenvalue weighted by atomic mass is 19.4. The van der Waals surface area contributed by atoms with Crippen LogP contribution in [-0.4, -0.2) is 42.2 Å². The smallest absolute Gasteiger partial charge is 0.404 e. The fraction of sp³-hybridized carbons (Fsp3) is 0.909. The summed E-state index contributed by atoms with van der Waals surface area (Å²) in [6, 6.07) is 0. The summed E-state index contributed by atoms with van der Waals surface area (Å²) in [6.07, 6.45) is -4.38. The van der Waals surface area contributed by atoms with Crippen LogP contribution in [-0.2, 0) is 14.3 Å². The first-order valence-corrected chi connectivity index (χ1v) is 5.76. The molecule has 4 nitrogen and oxygen atoms in total. The molecule has 1 rings (SSSR count). The average molecular weight is 270 g/mol. The standard InChI is InChI=1S/C11H17F3O4/c1-6-3-8(4-7(2)18-6)17-5-9(10(15)16)11(12,13)14/h6-9H,3-5H2,1-2H3,(H,15,16). The second kappa shape index (κ2) is 5.88. The zero-order valence-corrected chi connectivity index (χ0v) is 10.2. The van der Waals surface area contributed by atoms with Crippen molar-refractivity contribution in [1.29, 1.82) is 0 Å². The first kappa shape index (κ1) is 15.2. The predicted molar refractivity (Wildman–Crippen MR) is 56.2 cm³/mol. The van der Waals surface area contributed by atoms with Crippen LogP contribution in [0.15, 0.2) is 0 Å². The van der Waals surface area contributed by atoms with Gasteiger partial charge in [-0.25, -0.2) is 0 Å². The third-order valence-corrected chi connectivity index (χ3v) is 2.85. The van der Waals surface area contributed by atoms with E-state index in [9.17, 15) is 18.0 Å². The molecule has 0 aliphatic carbocycles. The Kier molecular flexibility index (Phi) is 4.98. The second-order valence-corrected chi connectivity index (χ2v) is 4.62. The number of rotatable bonds is 4.